The van der Waals surface area contributed by atoms with E-state index in [-0.39, 0.29) is 17.4 Å². The van der Waals surface area contributed by atoms with Gasteiger partial charge >= 0.3 is 0 Å². The molecule has 0 aliphatic rings. The smallest absolute Gasteiger partial charge is 0.233 e. The van der Waals surface area contributed by atoms with Crippen molar-refractivity contribution in [3.8, 4) is 0 Å². The fraction of sp³-hybridized carbons (Fsp3) is 0.333. The van der Waals surface area contributed by atoms with Crippen LogP contribution in [0.2, 0.25) is 10.0 Å². The van der Waals surface area contributed by atoms with Crippen LogP contribution in [0.25, 0.3) is 0 Å². The predicted octanol–water partition coefficient (Wildman–Crippen LogP) is 2.08. The molecule has 0 saturated carbocycles. The van der Waals surface area contributed by atoms with Gasteiger partial charge in [-0.1, -0.05) is 29.3 Å². The molecule has 104 valence electrons. The zero-order chi connectivity index (χ0) is 14.3. The van der Waals surface area contributed by atoms with Crippen LogP contribution < -0.4 is 10.6 Å². The molecule has 1 rings (SSSR count). The Labute approximate surface area is 121 Å². The molecule has 0 heterocycles. The second-order valence-corrected chi connectivity index (χ2v) is 4.45. The van der Waals surface area contributed by atoms with Crippen LogP contribution in [0.1, 0.15) is 6.42 Å². The molecule has 1 aromatic carbocycles. The van der Waals surface area contributed by atoms with E-state index in [4.69, 9.17) is 27.9 Å². The molecular formula is C12H14Cl2N2O3. The number of anilines is 1. The average molecular weight is 305 g/mol. The maximum absolute atomic E-state index is 11.6. The summed E-state index contributed by atoms with van der Waals surface area (Å²) in [6.07, 6.45) is -0.285. The summed E-state index contributed by atoms with van der Waals surface area (Å²) in [5.41, 5.74) is 0.379. The number of hydrogen-bond donors (Lipinski definition) is 2. The van der Waals surface area contributed by atoms with E-state index in [1.807, 2.05) is 0 Å². The van der Waals surface area contributed by atoms with Crippen molar-refractivity contribution >= 4 is 40.7 Å². The van der Waals surface area contributed by atoms with Crippen molar-refractivity contribution in [2.45, 2.75) is 6.42 Å². The molecule has 5 nitrogen and oxygen atoms in total. The van der Waals surface area contributed by atoms with Crippen LogP contribution in [0, 0.1) is 0 Å². The average Bonchev–Trinajstić information content (AvgIpc) is 2.35. The van der Waals surface area contributed by atoms with Gasteiger partial charge in [0.15, 0.2) is 0 Å². The summed E-state index contributed by atoms with van der Waals surface area (Å²) in [7, 11) is 1.53. The van der Waals surface area contributed by atoms with Gasteiger partial charge in [0.2, 0.25) is 11.8 Å². The molecule has 0 spiro atoms. The van der Waals surface area contributed by atoms with E-state index in [2.05, 4.69) is 10.6 Å². The molecule has 2 amide bonds. The van der Waals surface area contributed by atoms with Gasteiger partial charge in [0.1, 0.15) is 6.42 Å². The quantitative estimate of drug-likeness (QED) is 0.624. The maximum Gasteiger partial charge on any atom is 0.233 e. The lowest BCUT2D eigenvalue weighted by molar-refractivity contribution is -0.126. The van der Waals surface area contributed by atoms with Crippen LogP contribution in [-0.2, 0) is 14.3 Å². The van der Waals surface area contributed by atoms with Gasteiger partial charge in [-0.3, -0.25) is 9.59 Å². The normalized spacial score (nSPS) is 10.1. The van der Waals surface area contributed by atoms with E-state index in [1.54, 1.807) is 18.2 Å². The summed E-state index contributed by atoms with van der Waals surface area (Å²) in [6.45, 7) is 0.758. The summed E-state index contributed by atoms with van der Waals surface area (Å²) in [5, 5.41) is 5.65. The van der Waals surface area contributed by atoms with Crippen molar-refractivity contribution in [3.05, 3.63) is 28.2 Å². The highest BCUT2D eigenvalue weighted by Crippen LogP contribution is 2.29. The molecule has 0 atom stereocenters. The standard InChI is InChI=1S/C12H14Cl2N2O3/c1-19-6-5-15-10(17)7-11(18)16-9-4-2-3-8(13)12(9)14/h2-4H,5-7H2,1H3,(H,15,17)(H,16,18). The van der Waals surface area contributed by atoms with Gasteiger partial charge in [-0.2, -0.15) is 0 Å². The van der Waals surface area contributed by atoms with Crippen molar-refractivity contribution in [1.29, 1.82) is 0 Å². The van der Waals surface area contributed by atoms with Gasteiger partial charge < -0.3 is 15.4 Å². The molecule has 0 fully saturated rings. The first-order valence-corrected chi connectivity index (χ1v) is 6.29. The summed E-state index contributed by atoms with van der Waals surface area (Å²) < 4.78 is 4.77. The van der Waals surface area contributed by atoms with Crippen LogP contribution in [0.5, 0.6) is 0 Å². The molecule has 0 unspecified atom stereocenters. The van der Waals surface area contributed by atoms with Crippen molar-refractivity contribution < 1.29 is 14.3 Å². The summed E-state index contributed by atoms with van der Waals surface area (Å²) in [6, 6.07) is 4.87. The van der Waals surface area contributed by atoms with E-state index in [0.29, 0.717) is 23.9 Å². The van der Waals surface area contributed by atoms with Crippen molar-refractivity contribution in [1.82, 2.24) is 5.32 Å². The largest absolute Gasteiger partial charge is 0.383 e. The predicted molar refractivity (Wildman–Crippen MR) is 74.6 cm³/mol. The zero-order valence-corrected chi connectivity index (χ0v) is 11.8. The highest BCUT2D eigenvalue weighted by atomic mass is 35.5. The maximum atomic E-state index is 11.6. The van der Waals surface area contributed by atoms with E-state index in [1.165, 1.54) is 7.11 Å². The number of nitrogens with one attached hydrogen (secondary N) is 2. The van der Waals surface area contributed by atoms with Crippen molar-refractivity contribution in [3.63, 3.8) is 0 Å². The number of carbonyl (C=O) groups excluding carboxylic acids is 2. The van der Waals surface area contributed by atoms with Gasteiger partial charge in [0.25, 0.3) is 0 Å². The first kappa shape index (κ1) is 15.8. The van der Waals surface area contributed by atoms with E-state index in [0.717, 1.165) is 0 Å². The van der Waals surface area contributed by atoms with Crippen LogP contribution in [-0.4, -0.2) is 32.1 Å². The highest BCUT2D eigenvalue weighted by Gasteiger charge is 2.11. The number of amides is 2. The third kappa shape index (κ3) is 5.46. The first-order chi connectivity index (χ1) is 9.04. The minimum atomic E-state index is -0.459. The Kier molecular flexibility index (Phi) is 6.62. The number of hydrogen-bond acceptors (Lipinski definition) is 3. The Balaban J connectivity index is 2.47. The van der Waals surface area contributed by atoms with Gasteiger partial charge in [0, 0.05) is 13.7 Å². The second kappa shape index (κ2) is 7.99. The molecule has 7 heteroatoms. The van der Waals surface area contributed by atoms with Crippen molar-refractivity contribution in [2.75, 3.05) is 25.6 Å². The Morgan fingerprint density at radius 2 is 2.00 bits per heavy atom. The van der Waals surface area contributed by atoms with Gasteiger partial charge in [0.05, 0.1) is 22.3 Å². The minimum absolute atomic E-state index is 0.248. The third-order valence-corrected chi connectivity index (χ3v) is 2.99. The summed E-state index contributed by atoms with van der Waals surface area (Å²) in [5.74, 6) is -0.841. The molecule has 0 bridgehead atoms. The third-order valence-electron chi connectivity index (χ3n) is 2.18. The zero-order valence-electron chi connectivity index (χ0n) is 10.3. The molecule has 0 aromatic heterocycles. The number of benzene rings is 1. The molecule has 2 N–H and O–H groups in total. The number of rotatable bonds is 6. The first-order valence-electron chi connectivity index (χ1n) is 5.54. The number of halogens is 2. The van der Waals surface area contributed by atoms with Crippen molar-refractivity contribution in [2.24, 2.45) is 0 Å². The summed E-state index contributed by atoms with van der Waals surface area (Å²) in [4.78, 5) is 23.0. The minimum Gasteiger partial charge on any atom is -0.383 e. The highest BCUT2D eigenvalue weighted by molar-refractivity contribution is 6.44. The SMILES string of the molecule is COCCNC(=O)CC(=O)Nc1cccc(Cl)c1Cl. The lowest BCUT2D eigenvalue weighted by Crippen LogP contribution is -2.30. The lowest BCUT2D eigenvalue weighted by Gasteiger charge is -2.08. The Hall–Kier alpha value is -1.30. The van der Waals surface area contributed by atoms with Crippen LogP contribution >= 0.6 is 23.2 Å². The molecule has 19 heavy (non-hydrogen) atoms. The molecule has 0 radical (unpaired) electrons. The van der Waals surface area contributed by atoms with Crippen LogP contribution in [0.4, 0.5) is 5.69 Å². The molecule has 0 aliphatic carbocycles. The summed E-state index contributed by atoms with van der Waals surface area (Å²) >= 11 is 11.7. The fourth-order valence-electron chi connectivity index (χ4n) is 1.30. The Morgan fingerprint density at radius 1 is 1.26 bits per heavy atom. The van der Waals surface area contributed by atoms with E-state index < -0.39 is 5.91 Å². The number of methoxy groups -OCH3 is 1. The second-order valence-electron chi connectivity index (χ2n) is 3.67. The molecule has 0 saturated heterocycles. The number of ether oxygens (including phenoxy) is 1. The van der Waals surface area contributed by atoms with Crippen LogP contribution in [0.15, 0.2) is 18.2 Å². The Morgan fingerprint density at radius 3 is 2.68 bits per heavy atom. The fourth-order valence-corrected chi connectivity index (χ4v) is 1.64. The Bertz CT molecular complexity index is 466. The number of carbonyl (C=O) groups is 2. The van der Waals surface area contributed by atoms with Gasteiger partial charge in [-0.25, -0.2) is 0 Å². The molecule has 1 aromatic rings. The van der Waals surface area contributed by atoms with Gasteiger partial charge in [-0.05, 0) is 12.1 Å². The monoisotopic (exact) mass is 304 g/mol. The lowest BCUT2D eigenvalue weighted by atomic mass is 10.3. The van der Waals surface area contributed by atoms with E-state index in [9.17, 15) is 9.59 Å². The van der Waals surface area contributed by atoms with E-state index >= 15 is 0 Å². The topological polar surface area (TPSA) is 67.4 Å². The van der Waals surface area contributed by atoms with Crippen LogP contribution in [0.3, 0.4) is 0 Å². The van der Waals surface area contributed by atoms with Gasteiger partial charge in [-0.15, -0.1) is 0 Å². The molecular weight excluding hydrogens is 291 g/mol. The molecule has 0 aliphatic heterocycles.